The van der Waals surface area contributed by atoms with Gasteiger partial charge in [-0.2, -0.15) is 0 Å². The first-order chi connectivity index (χ1) is 7.70. The zero-order valence-electron chi connectivity index (χ0n) is 8.11. The summed E-state index contributed by atoms with van der Waals surface area (Å²) in [5.74, 6) is 5.02. The Morgan fingerprint density at radius 2 is 2.06 bits per heavy atom. The third kappa shape index (κ3) is 2.12. The van der Waals surface area contributed by atoms with Gasteiger partial charge in [0.25, 0.3) is 5.91 Å². The SMILES string of the molecule is NNC(=O)c1cc(-c2ccc(Br)cc2)on1. The molecule has 2 aromatic rings. The van der Waals surface area contributed by atoms with E-state index >= 15 is 0 Å². The Balaban J connectivity index is 2.31. The van der Waals surface area contributed by atoms with E-state index in [2.05, 4.69) is 21.1 Å². The number of nitrogens with two attached hydrogens (primary N) is 1. The number of carbonyl (C=O) groups excluding carboxylic acids is 1. The highest BCUT2D eigenvalue weighted by Crippen LogP contribution is 2.22. The molecular weight excluding hydrogens is 274 g/mol. The summed E-state index contributed by atoms with van der Waals surface area (Å²) in [6.45, 7) is 0. The highest BCUT2D eigenvalue weighted by atomic mass is 79.9. The predicted octanol–water partition coefficient (Wildman–Crippen LogP) is 1.71. The van der Waals surface area contributed by atoms with E-state index in [0.717, 1.165) is 10.0 Å². The molecule has 82 valence electrons. The molecule has 3 N–H and O–H groups in total. The number of nitrogens with one attached hydrogen (secondary N) is 1. The van der Waals surface area contributed by atoms with Gasteiger partial charge in [0.2, 0.25) is 0 Å². The molecule has 6 heteroatoms. The number of nitrogens with zero attached hydrogens (tertiary/aromatic N) is 1. The average molecular weight is 282 g/mol. The molecule has 5 nitrogen and oxygen atoms in total. The van der Waals surface area contributed by atoms with E-state index in [1.165, 1.54) is 6.07 Å². The largest absolute Gasteiger partial charge is 0.355 e. The Morgan fingerprint density at radius 3 is 2.69 bits per heavy atom. The predicted molar refractivity (Wildman–Crippen MR) is 61.3 cm³/mol. The molecule has 0 aliphatic heterocycles. The monoisotopic (exact) mass is 281 g/mol. The molecule has 1 heterocycles. The number of rotatable bonds is 2. The van der Waals surface area contributed by atoms with Crippen molar-refractivity contribution in [2.75, 3.05) is 0 Å². The van der Waals surface area contributed by atoms with Gasteiger partial charge in [0.1, 0.15) is 0 Å². The molecule has 1 aromatic carbocycles. The Bertz CT molecular complexity index is 507. The maximum absolute atomic E-state index is 11.1. The number of nitrogen functional groups attached to an aromatic ring is 1. The van der Waals surface area contributed by atoms with Crippen molar-refractivity contribution in [3.8, 4) is 11.3 Å². The van der Waals surface area contributed by atoms with E-state index in [9.17, 15) is 4.79 Å². The zero-order chi connectivity index (χ0) is 11.5. The fourth-order valence-corrected chi connectivity index (χ4v) is 1.47. The van der Waals surface area contributed by atoms with Crippen LogP contribution in [-0.2, 0) is 0 Å². The molecule has 1 aromatic heterocycles. The summed E-state index contributed by atoms with van der Waals surface area (Å²) in [6.07, 6.45) is 0. The standard InChI is InChI=1S/C10H8BrN3O2/c11-7-3-1-6(2-4-7)9-5-8(14-16-9)10(15)13-12/h1-5H,12H2,(H,13,15). The second kappa shape index (κ2) is 4.46. The van der Waals surface area contributed by atoms with Gasteiger partial charge in [0.15, 0.2) is 11.5 Å². The van der Waals surface area contributed by atoms with E-state index < -0.39 is 5.91 Å². The number of hydrogen-bond donors (Lipinski definition) is 2. The van der Waals surface area contributed by atoms with Crippen LogP contribution in [0.2, 0.25) is 0 Å². The molecule has 0 radical (unpaired) electrons. The molecule has 2 rings (SSSR count). The molecule has 0 saturated carbocycles. The van der Waals surface area contributed by atoms with E-state index in [-0.39, 0.29) is 5.69 Å². The second-order valence-electron chi connectivity index (χ2n) is 3.06. The minimum atomic E-state index is -0.480. The number of hydrazine groups is 1. The fraction of sp³-hybridized carbons (Fsp3) is 0. The molecule has 0 spiro atoms. The smallest absolute Gasteiger partial charge is 0.287 e. The first-order valence-corrected chi connectivity index (χ1v) is 5.23. The van der Waals surface area contributed by atoms with Crippen LogP contribution < -0.4 is 11.3 Å². The van der Waals surface area contributed by atoms with Crippen molar-refractivity contribution in [1.82, 2.24) is 10.6 Å². The van der Waals surface area contributed by atoms with Crippen molar-refractivity contribution in [2.45, 2.75) is 0 Å². The average Bonchev–Trinajstić information content (AvgIpc) is 2.78. The van der Waals surface area contributed by atoms with Gasteiger partial charge < -0.3 is 4.52 Å². The van der Waals surface area contributed by atoms with E-state index in [0.29, 0.717) is 5.76 Å². The highest BCUT2D eigenvalue weighted by molar-refractivity contribution is 9.10. The van der Waals surface area contributed by atoms with Gasteiger partial charge in [0, 0.05) is 16.1 Å². The number of halogens is 1. The lowest BCUT2D eigenvalue weighted by molar-refractivity contribution is 0.0944. The second-order valence-corrected chi connectivity index (χ2v) is 3.97. The van der Waals surface area contributed by atoms with Gasteiger partial charge in [-0.05, 0) is 12.1 Å². The fourth-order valence-electron chi connectivity index (χ4n) is 1.21. The van der Waals surface area contributed by atoms with Gasteiger partial charge in [0.05, 0.1) is 0 Å². The van der Waals surface area contributed by atoms with Gasteiger partial charge in [-0.1, -0.05) is 33.2 Å². The first-order valence-electron chi connectivity index (χ1n) is 4.44. The molecular formula is C10H8BrN3O2. The van der Waals surface area contributed by atoms with E-state index in [4.69, 9.17) is 10.4 Å². The summed E-state index contributed by atoms with van der Waals surface area (Å²) >= 11 is 3.33. The van der Waals surface area contributed by atoms with Crippen LogP contribution in [0.3, 0.4) is 0 Å². The summed E-state index contributed by atoms with van der Waals surface area (Å²) in [5, 5.41) is 3.61. The van der Waals surface area contributed by atoms with Crippen LogP contribution in [-0.4, -0.2) is 11.1 Å². The molecule has 0 atom stereocenters. The lowest BCUT2D eigenvalue weighted by Gasteiger charge is -1.94. The summed E-state index contributed by atoms with van der Waals surface area (Å²) < 4.78 is 6.00. The number of benzene rings is 1. The molecule has 0 saturated heterocycles. The van der Waals surface area contributed by atoms with Crippen LogP contribution >= 0.6 is 15.9 Å². The molecule has 16 heavy (non-hydrogen) atoms. The summed E-state index contributed by atoms with van der Waals surface area (Å²) in [7, 11) is 0. The lowest BCUT2D eigenvalue weighted by Crippen LogP contribution is -2.30. The third-order valence-corrected chi connectivity index (χ3v) is 2.53. The van der Waals surface area contributed by atoms with Crippen LogP contribution in [0.25, 0.3) is 11.3 Å². The Kier molecular flexibility index (Phi) is 3.02. The van der Waals surface area contributed by atoms with Crippen molar-refractivity contribution in [3.05, 3.63) is 40.5 Å². The summed E-state index contributed by atoms with van der Waals surface area (Å²) in [4.78, 5) is 11.1. The molecule has 0 unspecified atom stereocenters. The van der Waals surface area contributed by atoms with Crippen molar-refractivity contribution < 1.29 is 9.32 Å². The van der Waals surface area contributed by atoms with Gasteiger partial charge >= 0.3 is 0 Å². The van der Waals surface area contributed by atoms with Gasteiger partial charge in [-0.15, -0.1) is 0 Å². The normalized spacial score (nSPS) is 10.1. The summed E-state index contributed by atoms with van der Waals surface area (Å²) in [6, 6.07) is 9.00. The Labute approximate surface area is 99.7 Å². The number of aromatic nitrogens is 1. The third-order valence-electron chi connectivity index (χ3n) is 2.00. The van der Waals surface area contributed by atoms with Crippen LogP contribution in [0, 0.1) is 0 Å². The number of carbonyl (C=O) groups is 1. The van der Waals surface area contributed by atoms with E-state index in [1.807, 2.05) is 29.7 Å². The molecule has 0 bridgehead atoms. The van der Waals surface area contributed by atoms with Gasteiger partial charge in [-0.3, -0.25) is 10.2 Å². The van der Waals surface area contributed by atoms with Crippen LogP contribution in [0.4, 0.5) is 0 Å². The maximum atomic E-state index is 11.1. The quantitative estimate of drug-likeness (QED) is 0.499. The van der Waals surface area contributed by atoms with Crippen molar-refractivity contribution in [1.29, 1.82) is 0 Å². The first kappa shape index (κ1) is 10.8. The topological polar surface area (TPSA) is 81.1 Å². The number of hydrogen-bond acceptors (Lipinski definition) is 4. The van der Waals surface area contributed by atoms with Crippen LogP contribution in [0.15, 0.2) is 39.3 Å². The Hall–Kier alpha value is -1.66. The van der Waals surface area contributed by atoms with Crippen molar-refractivity contribution >= 4 is 21.8 Å². The molecule has 1 amide bonds. The van der Waals surface area contributed by atoms with Crippen LogP contribution in [0.5, 0.6) is 0 Å². The highest BCUT2D eigenvalue weighted by Gasteiger charge is 2.11. The van der Waals surface area contributed by atoms with Crippen LogP contribution in [0.1, 0.15) is 10.5 Å². The molecule has 0 fully saturated rings. The zero-order valence-corrected chi connectivity index (χ0v) is 9.69. The minimum absolute atomic E-state index is 0.153. The van der Waals surface area contributed by atoms with E-state index in [1.54, 1.807) is 0 Å². The lowest BCUT2D eigenvalue weighted by atomic mass is 10.1. The summed E-state index contributed by atoms with van der Waals surface area (Å²) in [5.41, 5.74) is 2.98. The minimum Gasteiger partial charge on any atom is -0.355 e. The Morgan fingerprint density at radius 1 is 1.38 bits per heavy atom. The molecule has 0 aliphatic rings. The van der Waals surface area contributed by atoms with Crippen molar-refractivity contribution in [3.63, 3.8) is 0 Å². The van der Waals surface area contributed by atoms with Gasteiger partial charge in [-0.25, -0.2) is 5.84 Å². The molecule has 0 aliphatic carbocycles. The van der Waals surface area contributed by atoms with Crippen molar-refractivity contribution in [2.24, 2.45) is 5.84 Å². The maximum Gasteiger partial charge on any atom is 0.287 e. The number of amides is 1.